The van der Waals surface area contributed by atoms with Crippen molar-refractivity contribution in [2.75, 3.05) is 13.7 Å². The zero-order valence-electron chi connectivity index (χ0n) is 10.0. The second-order valence-corrected chi connectivity index (χ2v) is 6.26. The maximum atomic E-state index is 6.27. The highest BCUT2D eigenvalue weighted by Crippen LogP contribution is 2.38. The molecule has 17 heavy (non-hydrogen) atoms. The number of aromatic nitrogens is 2. The Morgan fingerprint density at radius 2 is 2.41 bits per heavy atom. The number of hydrogen-bond donors (Lipinski definition) is 0. The molecule has 2 rings (SSSR count). The van der Waals surface area contributed by atoms with Gasteiger partial charge in [-0.1, -0.05) is 34.0 Å². The van der Waals surface area contributed by atoms with E-state index in [0.29, 0.717) is 17.4 Å². The van der Waals surface area contributed by atoms with Gasteiger partial charge in [0.25, 0.3) is 0 Å². The van der Waals surface area contributed by atoms with Gasteiger partial charge in [0, 0.05) is 17.9 Å². The summed E-state index contributed by atoms with van der Waals surface area (Å²) in [4.78, 5) is 0.614. The summed E-state index contributed by atoms with van der Waals surface area (Å²) in [6.45, 7) is 1.46. The molecule has 1 fully saturated rings. The molecule has 1 aliphatic rings. The van der Waals surface area contributed by atoms with Gasteiger partial charge in [-0.05, 0) is 19.3 Å². The van der Waals surface area contributed by atoms with Crippen molar-refractivity contribution in [1.82, 2.24) is 9.78 Å². The molecule has 0 aromatic carbocycles. The smallest absolute Gasteiger partial charge is 0.0820 e. The molecule has 0 saturated heterocycles. The Morgan fingerprint density at radius 1 is 1.59 bits per heavy atom. The normalized spacial score (nSPS) is 25.1. The van der Waals surface area contributed by atoms with Gasteiger partial charge in [0.1, 0.15) is 0 Å². The second kappa shape index (κ2) is 6.21. The van der Waals surface area contributed by atoms with Crippen molar-refractivity contribution in [3.8, 4) is 0 Å². The van der Waals surface area contributed by atoms with Gasteiger partial charge in [-0.25, -0.2) is 0 Å². The highest BCUT2D eigenvalue weighted by atomic mass is 79.9. The van der Waals surface area contributed by atoms with Crippen molar-refractivity contribution < 1.29 is 4.74 Å². The second-order valence-electron chi connectivity index (χ2n) is 4.55. The van der Waals surface area contributed by atoms with Gasteiger partial charge in [-0.3, -0.25) is 4.68 Å². The lowest BCUT2D eigenvalue weighted by Gasteiger charge is -2.26. The van der Waals surface area contributed by atoms with E-state index in [-0.39, 0.29) is 0 Å². The third kappa shape index (κ3) is 3.24. The lowest BCUT2D eigenvalue weighted by atomic mass is 9.87. The number of alkyl halides is 1. The molecule has 0 aliphatic heterocycles. The molecule has 0 radical (unpaired) electrons. The van der Waals surface area contributed by atoms with Crippen LogP contribution in [-0.4, -0.2) is 28.3 Å². The third-order valence-corrected chi connectivity index (χ3v) is 4.46. The Kier molecular flexibility index (Phi) is 4.88. The Labute approximate surface area is 116 Å². The fourth-order valence-electron chi connectivity index (χ4n) is 2.51. The zero-order chi connectivity index (χ0) is 12.3. The SMILES string of the molecule is COCCn1ncc(Cl)c1C1CCCC(Br)C1. The average molecular weight is 322 g/mol. The van der Waals surface area contributed by atoms with Crippen LogP contribution in [0.25, 0.3) is 0 Å². The van der Waals surface area contributed by atoms with E-state index < -0.39 is 0 Å². The first kappa shape index (κ1) is 13.4. The summed E-state index contributed by atoms with van der Waals surface area (Å²) in [6, 6.07) is 0. The zero-order valence-corrected chi connectivity index (χ0v) is 12.4. The van der Waals surface area contributed by atoms with Crippen LogP contribution in [0.1, 0.15) is 37.3 Å². The predicted octanol–water partition coefficient (Wildman–Crippen LogP) is 3.60. The first-order valence-electron chi connectivity index (χ1n) is 6.06. The van der Waals surface area contributed by atoms with Gasteiger partial charge in [0.2, 0.25) is 0 Å². The Balaban J connectivity index is 2.14. The van der Waals surface area contributed by atoms with Crippen molar-refractivity contribution in [3.05, 3.63) is 16.9 Å². The van der Waals surface area contributed by atoms with E-state index in [1.54, 1.807) is 13.3 Å². The van der Waals surface area contributed by atoms with Crippen molar-refractivity contribution in [2.24, 2.45) is 0 Å². The van der Waals surface area contributed by atoms with E-state index in [9.17, 15) is 0 Å². The van der Waals surface area contributed by atoms with Gasteiger partial charge in [0.05, 0.1) is 30.1 Å². The average Bonchev–Trinajstić information content (AvgIpc) is 2.68. The molecular weight excluding hydrogens is 304 g/mol. The summed E-state index contributed by atoms with van der Waals surface area (Å²) in [7, 11) is 1.71. The van der Waals surface area contributed by atoms with E-state index in [4.69, 9.17) is 16.3 Å². The molecule has 96 valence electrons. The molecule has 1 aromatic rings. The van der Waals surface area contributed by atoms with E-state index in [1.807, 2.05) is 4.68 Å². The molecule has 1 heterocycles. The molecule has 2 unspecified atom stereocenters. The summed E-state index contributed by atoms with van der Waals surface area (Å²) < 4.78 is 7.11. The van der Waals surface area contributed by atoms with E-state index >= 15 is 0 Å². The fourth-order valence-corrected chi connectivity index (χ4v) is 3.58. The highest BCUT2D eigenvalue weighted by molar-refractivity contribution is 9.09. The number of methoxy groups -OCH3 is 1. The molecule has 1 aromatic heterocycles. The third-order valence-electron chi connectivity index (χ3n) is 3.34. The van der Waals surface area contributed by atoms with Crippen LogP contribution in [0.4, 0.5) is 0 Å². The van der Waals surface area contributed by atoms with Crippen LogP contribution in [-0.2, 0) is 11.3 Å². The van der Waals surface area contributed by atoms with Crippen LogP contribution in [0.3, 0.4) is 0 Å². The summed E-state index contributed by atoms with van der Waals surface area (Å²) in [5, 5.41) is 5.14. The lowest BCUT2D eigenvalue weighted by Crippen LogP contribution is -2.19. The van der Waals surface area contributed by atoms with Crippen LogP contribution in [0, 0.1) is 0 Å². The van der Waals surface area contributed by atoms with E-state index in [0.717, 1.165) is 18.0 Å². The minimum atomic E-state index is 0.528. The minimum absolute atomic E-state index is 0.528. The predicted molar refractivity (Wildman–Crippen MR) is 73.0 cm³/mol. The van der Waals surface area contributed by atoms with Crippen LogP contribution >= 0.6 is 27.5 Å². The number of halogens is 2. The van der Waals surface area contributed by atoms with Gasteiger partial charge >= 0.3 is 0 Å². The van der Waals surface area contributed by atoms with E-state index in [1.165, 1.54) is 25.0 Å². The van der Waals surface area contributed by atoms with Gasteiger partial charge in [0.15, 0.2) is 0 Å². The summed E-state index contributed by atoms with van der Waals surface area (Å²) in [6.07, 6.45) is 6.63. The van der Waals surface area contributed by atoms with Crippen molar-refractivity contribution in [3.63, 3.8) is 0 Å². The highest BCUT2D eigenvalue weighted by Gasteiger charge is 2.26. The standard InChI is InChI=1S/C12H18BrClN2O/c1-17-6-5-16-12(11(14)8-15-16)9-3-2-4-10(13)7-9/h8-10H,2-7H2,1H3. The van der Waals surface area contributed by atoms with Crippen LogP contribution in [0.15, 0.2) is 6.20 Å². The Hall–Kier alpha value is -0.0600. The summed E-state index contributed by atoms with van der Waals surface area (Å²) >= 11 is 9.98. The van der Waals surface area contributed by atoms with Crippen LogP contribution in [0.5, 0.6) is 0 Å². The van der Waals surface area contributed by atoms with Crippen molar-refractivity contribution >= 4 is 27.5 Å². The molecule has 0 amide bonds. The largest absolute Gasteiger partial charge is 0.383 e. The summed E-state index contributed by atoms with van der Waals surface area (Å²) in [5.41, 5.74) is 1.19. The quantitative estimate of drug-likeness (QED) is 0.792. The number of ether oxygens (including phenoxy) is 1. The molecule has 0 spiro atoms. The molecule has 1 saturated carbocycles. The number of nitrogens with zero attached hydrogens (tertiary/aromatic N) is 2. The monoisotopic (exact) mass is 320 g/mol. The first-order valence-corrected chi connectivity index (χ1v) is 7.36. The number of rotatable bonds is 4. The molecule has 1 aliphatic carbocycles. The molecular formula is C12H18BrClN2O. The van der Waals surface area contributed by atoms with E-state index in [2.05, 4.69) is 21.0 Å². The topological polar surface area (TPSA) is 27.1 Å². The molecule has 5 heteroatoms. The Bertz CT molecular complexity index is 369. The number of hydrogen-bond acceptors (Lipinski definition) is 2. The first-order chi connectivity index (χ1) is 8.22. The maximum Gasteiger partial charge on any atom is 0.0820 e. The molecule has 3 nitrogen and oxygen atoms in total. The van der Waals surface area contributed by atoms with Crippen LogP contribution < -0.4 is 0 Å². The summed E-state index contributed by atoms with van der Waals surface area (Å²) in [5.74, 6) is 0.528. The lowest BCUT2D eigenvalue weighted by molar-refractivity contribution is 0.181. The fraction of sp³-hybridized carbons (Fsp3) is 0.750. The van der Waals surface area contributed by atoms with Gasteiger partial charge in [-0.15, -0.1) is 0 Å². The van der Waals surface area contributed by atoms with Crippen LogP contribution in [0.2, 0.25) is 5.02 Å². The van der Waals surface area contributed by atoms with Gasteiger partial charge in [-0.2, -0.15) is 5.10 Å². The van der Waals surface area contributed by atoms with Crippen molar-refractivity contribution in [2.45, 2.75) is 43.0 Å². The maximum absolute atomic E-state index is 6.27. The molecule has 0 N–H and O–H groups in total. The molecule has 2 atom stereocenters. The van der Waals surface area contributed by atoms with Crippen molar-refractivity contribution in [1.29, 1.82) is 0 Å². The minimum Gasteiger partial charge on any atom is -0.383 e. The van der Waals surface area contributed by atoms with Gasteiger partial charge < -0.3 is 4.74 Å². The Morgan fingerprint density at radius 3 is 3.12 bits per heavy atom. The molecule has 0 bridgehead atoms.